The molecule has 4 rings (SSSR count). The molecule has 0 saturated heterocycles. The third kappa shape index (κ3) is 6.54. The van der Waals surface area contributed by atoms with Gasteiger partial charge >= 0.3 is 0 Å². The van der Waals surface area contributed by atoms with Crippen LogP contribution >= 0.6 is 23.4 Å². The average Bonchev–Trinajstić information content (AvgIpc) is 2.89. The zero-order chi connectivity index (χ0) is 26.4. The molecule has 2 aliphatic rings. The lowest BCUT2D eigenvalue weighted by molar-refractivity contribution is -0.119. The molecule has 0 radical (unpaired) electrons. The van der Waals surface area contributed by atoms with Crippen LogP contribution < -0.4 is 16.0 Å². The highest BCUT2D eigenvalue weighted by molar-refractivity contribution is 8.03. The van der Waals surface area contributed by atoms with Crippen molar-refractivity contribution in [3.05, 3.63) is 86.8 Å². The molecule has 2 aromatic rings. The molecule has 1 aliphatic carbocycles. The molecule has 1 fully saturated rings. The monoisotopic (exact) mass is 538 g/mol. The Morgan fingerprint density at radius 3 is 2.51 bits per heavy atom. The molecule has 0 spiro atoms. The Labute approximate surface area is 225 Å². The number of dihydropyridines is 1. The molecule has 1 heterocycles. The second-order valence-corrected chi connectivity index (χ2v) is 10.5. The quantitative estimate of drug-likeness (QED) is 0.402. The molecule has 0 aromatic heterocycles. The number of anilines is 1. The fraction of sp³-hybridized carbons (Fsp3) is 0.321. The number of thioether (sulfide) groups is 1. The molecule has 1 aliphatic heterocycles. The summed E-state index contributed by atoms with van der Waals surface area (Å²) in [6.45, 7) is 1.71. The molecule has 2 amide bonds. The fourth-order valence-corrected chi connectivity index (χ4v) is 5.76. The Kier molecular flexibility index (Phi) is 8.91. The number of nitriles is 1. The number of hydrogen-bond donors (Lipinski definition) is 3. The number of nitrogens with zero attached hydrogens (tertiary/aromatic N) is 1. The summed E-state index contributed by atoms with van der Waals surface area (Å²) < 4.78 is 15.0. The lowest BCUT2D eigenvalue weighted by Gasteiger charge is -2.30. The van der Waals surface area contributed by atoms with Crippen molar-refractivity contribution in [1.29, 1.82) is 5.26 Å². The maximum absolute atomic E-state index is 15.0. The summed E-state index contributed by atoms with van der Waals surface area (Å²) in [6, 6.07) is 15.1. The summed E-state index contributed by atoms with van der Waals surface area (Å²) in [6.07, 6.45) is 5.37. The van der Waals surface area contributed by atoms with Crippen molar-refractivity contribution in [2.45, 2.75) is 51.0 Å². The number of nitrogens with one attached hydrogen (secondary N) is 3. The smallest absolute Gasteiger partial charge is 0.254 e. The van der Waals surface area contributed by atoms with Gasteiger partial charge in [-0.1, -0.05) is 60.8 Å². The first kappa shape index (κ1) is 26.8. The maximum atomic E-state index is 15.0. The van der Waals surface area contributed by atoms with Gasteiger partial charge in [-0.05, 0) is 50.1 Å². The largest absolute Gasteiger partial charge is 0.353 e. The van der Waals surface area contributed by atoms with Crippen molar-refractivity contribution in [3.8, 4) is 6.07 Å². The Hall–Kier alpha value is -3.28. The van der Waals surface area contributed by atoms with Gasteiger partial charge in [-0.25, -0.2) is 4.39 Å². The summed E-state index contributed by atoms with van der Waals surface area (Å²) in [5, 5.41) is 20.2. The Bertz CT molecular complexity index is 1280. The van der Waals surface area contributed by atoms with E-state index >= 15 is 4.39 Å². The van der Waals surface area contributed by atoms with Crippen LogP contribution in [-0.4, -0.2) is 23.6 Å². The SMILES string of the molecule is CC1=C(C(=O)Nc2ccc(Cl)cc2)C(c2ccccc2F)C(C#N)=C(SCC(=O)NC2CCCCC2)N1. The highest BCUT2D eigenvalue weighted by Crippen LogP contribution is 2.41. The van der Waals surface area contributed by atoms with Crippen LogP contribution in [0.15, 0.2) is 70.4 Å². The third-order valence-corrected chi connectivity index (χ3v) is 7.80. The molecule has 192 valence electrons. The number of hydrogen-bond acceptors (Lipinski definition) is 5. The lowest BCUT2D eigenvalue weighted by atomic mass is 9.82. The zero-order valence-electron chi connectivity index (χ0n) is 20.4. The van der Waals surface area contributed by atoms with Crippen molar-refractivity contribution in [1.82, 2.24) is 10.6 Å². The van der Waals surface area contributed by atoms with E-state index in [-0.39, 0.29) is 34.4 Å². The van der Waals surface area contributed by atoms with Crippen molar-refractivity contribution in [3.63, 3.8) is 0 Å². The molecule has 37 heavy (non-hydrogen) atoms. The Balaban J connectivity index is 1.61. The van der Waals surface area contributed by atoms with Gasteiger partial charge in [-0.2, -0.15) is 5.26 Å². The molecule has 6 nitrogen and oxygen atoms in total. The van der Waals surface area contributed by atoms with Gasteiger partial charge < -0.3 is 16.0 Å². The topological polar surface area (TPSA) is 94.0 Å². The van der Waals surface area contributed by atoms with Crippen molar-refractivity contribution in [2.75, 3.05) is 11.1 Å². The van der Waals surface area contributed by atoms with E-state index in [9.17, 15) is 14.9 Å². The van der Waals surface area contributed by atoms with Gasteiger partial charge in [0.1, 0.15) is 5.82 Å². The summed E-state index contributed by atoms with van der Waals surface area (Å²) in [7, 11) is 0. The second kappa shape index (κ2) is 12.3. The van der Waals surface area contributed by atoms with Crippen molar-refractivity contribution in [2.24, 2.45) is 0 Å². The predicted molar refractivity (Wildman–Crippen MR) is 145 cm³/mol. The van der Waals surface area contributed by atoms with Gasteiger partial charge in [-0.15, -0.1) is 0 Å². The summed E-state index contributed by atoms with van der Waals surface area (Å²) in [5.41, 5.74) is 1.63. The van der Waals surface area contributed by atoms with E-state index in [0.717, 1.165) is 25.7 Å². The highest BCUT2D eigenvalue weighted by Gasteiger charge is 2.36. The van der Waals surface area contributed by atoms with Gasteiger partial charge in [0, 0.05) is 33.6 Å². The van der Waals surface area contributed by atoms with E-state index in [2.05, 4.69) is 22.0 Å². The fourth-order valence-electron chi connectivity index (χ4n) is 4.73. The number of carbonyl (C=O) groups excluding carboxylic acids is 2. The molecular weight excluding hydrogens is 511 g/mol. The minimum Gasteiger partial charge on any atom is -0.353 e. The highest BCUT2D eigenvalue weighted by atomic mass is 35.5. The van der Waals surface area contributed by atoms with Gasteiger partial charge in [0.25, 0.3) is 5.91 Å². The van der Waals surface area contributed by atoms with Crippen LogP contribution in [0.5, 0.6) is 0 Å². The first-order valence-corrected chi connectivity index (χ1v) is 13.6. The average molecular weight is 539 g/mol. The minimum absolute atomic E-state index is 0.105. The maximum Gasteiger partial charge on any atom is 0.254 e. The van der Waals surface area contributed by atoms with E-state index < -0.39 is 17.6 Å². The number of allylic oxidation sites excluding steroid dienone is 2. The first-order valence-electron chi connectivity index (χ1n) is 12.2. The number of carbonyl (C=O) groups is 2. The predicted octanol–water partition coefficient (Wildman–Crippen LogP) is 6.00. The second-order valence-electron chi connectivity index (χ2n) is 9.12. The molecular formula is C28H28ClFN4O2S. The van der Waals surface area contributed by atoms with Crippen LogP contribution in [0.25, 0.3) is 0 Å². The Morgan fingerprint density at radius 1 is 1.14 bits per heavy atom. The summed E-state index contributed by atoms with van der Waals surface area (Å²) >= 11 is 7.14. The van der Waals surface area contributed by atoms with E-state index in [1.54, 1.807) is 49.4 Å². The van der Waals surface area contributed by atoms with E-state index in [4.69, 9.17) is 11.6 Å². The van der Waals surface area contributed by atoms with Crippen LogP contribution in [0, 0.1) is 17.1 Å². The Morgan fingerprint density at radius 2 is 1.84 bits per heavy atom. The van der Waals surface area contributed by atoms with Crippen LogP contribution in [0.1, 0.15) is 50.5 Å². The summed E-state index contributed by atoms with van der Waals surface area (Å²) in [4.78, 5) is 26.1. The number of halogens is 2. The molecule has 1 atom stereocenters. The van der Waals surface area contributed by atoms with Gasteiger partial charge in [0.05, 0.1) is 28.3 Å². The van der Waals surface area contributed by atoms with E-state index in [1.807, 2.05) is 0 Å². The first-order chi connectivity index (χ1) is 17.9. The van der Waals surface area contributed by atoms with Crippen LogP contribution in [0.3, 0.4) is 0 Å². The number of rotatable bonds is 7. The van der Waals surface area contributed by atoms with Crippen LogP contribution in [0.4, 0.5) is 10.1 Å². The number of benzene rings is 2. The van der Waals surface area contributed by atoms with E-state index in [0.29, 0.717) is 21.4 Å². The van der Waals surface area contributed by atoms with Crippen molar-refractivity contribution >= 4 is 40.9 Å². The third-order valence-electron chi connectivity index (χ3n) is 6.53. The molecule has 2 aromatic carbocycles. The van der Waals surface area contributed by atoms with E-state index in [1.165, 1.54) is 24.2 Å². The summed E-state index contributed by atoms with van der Waals surface area (Å²) in [5.74, 6) is -1.94. The van der Waals surface area contributed by atoms with Gasteiger partial charge in [-0.3, -0.25) is 9.59 Å². The van der Waals surface area contributed by atoms with Gasteiger partial charge in [0.2, 0.25) is 5.91 Å². The standard InChI is InChI=1S/C28H28ClFN4O2S/c1-17-25(27(36)34-20-13-11-18(29)12-14-20)26(21-9-5-6-10-23(21)30)22(15-31)28(32-17)37-16-24(35)33-19-7-3-2-4-8-19/h5-6,9-14,19,26,32H,2-4,7-8,16H2,1H3,(H,33,35)(H,34,36). The molecule has 0 bridgehead atoms. The van der Waals surface area contributed by atoms with Crippen LogP contribution in [0.2, 0.25) is 5.02 Å². The number of amides is 2. The molecule has 3 N–H and O–H groups in total. The molecule has 1 unspecified atom stereocenters. The molecule has 9 heteroatoms. The normalized spacial score (nSPS) is 18.2. The minimum atomic E-state index is -0.941. The van der Waals surface area contributed by atoms with Gasteiger partial charge in [0.15, 0.2) is 0 Å². The lowest BCUT2D eigenvalue weighted by Crippen LogP contribution is -2.37. The van der Waals surface area contributed by atoms with Crippen LogP contribution in [-0.2, 0) is 9.59 Å². The van der Waals surface area contributed by atoms with Crippen molar-refractivity contribution < 1.29 is 14.0 Å². The zero-order valence-corrected chi connectivity index (χ0v) is 22.0. The molecule has 1 saturated carbocycles.